The first-order valence-electron chi connectivity index (χ1n) is 9.53. The molecular weight excluding hydrogens is 390 g/mol. The maximum absolute atomic E-state index is 12.5. The molecule has 6 nitrogen and oxygen atoms in total. The van der Waals surface area contributed by atoms with Crippen LogP contribution in [0.4, 0.5) is 4.79 Å². The van der Waals surface area contributed by atoms with Crippen molar-refractivity contribution in [2.75, 3.05) is 20.3 Å². The average Bonchev–Trinajstić information content (AvgIpc) is 2.98. The van der Waals surface area contributed by atoms with Crippen LogP contribution in [0.3, 0.4) is 0 Å². The van der Waals surface area contributed by atoms with Crippen LogP contribution >= 0.6 is 11.8 Å². The standard InChI is InChI=1S/C22H25NO5S/c1-4-8-15-12-16(13-19-21(24)23(10-5-2)22(25)29-19)17(26-3)14-18(15)28-20-9-6-7-11-27-20/h4-5,12-14,20H,1-2,6-11H2,3H3/b19-13-. The van der Waals surface area contributed by atoms with Gasteiger partial charge in [-0.05, 0) is 48.7 Å². The van der Waals surface area contributed by atoms with Crippen LogP contribution < -0.4 is 9.47 Å². The van der Waals surface area contributed by atoms with Crippen LogP contribution in [-0.4, -0.2) is 42.6 Å². The zero-order chi connectivity index (χ0) is 20.8. The summed E-state index contributed by atoms with van der Waals surface area (Å²) in [5, 5.41) is -0.305. The molecule has 0 N–H and O–H groups in total. The summed E-state index contributed by atoms with van der Waals surface area (Å²) in [6, 6.07) is 3.71. The molecule has 1 unspecified atom stereocenters. The second-order valence-corrected chi connectivity index (χ2v) is 7.68. The van der Waals surface area contributed by atoms with Crippen molar-refractivity contribution >= 4 is 29.0 Å². The van der Waals surface area contributed by atoms with E-state index in [1.165, 1.54) is 11.0 Å². The van der Waals surface area contributed by atoms with Gasteiger partial charge >= 0.3 is 0 Å². The predicted molar refractivity (Wildman–Crippen MR) is 114 cm³/mol. The fourth-order valence-electron chi connectivity index (χ4n) is 3.21. The molecule has 7 heteroatoms. The lowest BCUT2D eigenvalue weighted by atomic mass is 10.0. The van der Waals surface area contributed by atoms with E-state index in [0.717, 1.165) is 36.6 Å². The van der Waals surface area contributed by atoms with Gasteiger partial charge in [0.15, 0.2) is 6.29 Å². The van der Waals surface area contributed by atoms with Gasteiger partial charge in [0.25, 0.3) is 11.1 Å². The van der Waals surface area contributed by atoms with Gasteiger partial charge in [-0.3, -0.25) is 14.5 Å². The normalized spacial score (nSPS) is 20.8. The number of benzene rings is 1. The summed E-state index contributed by atoms with van der Waals surface area (Å²) in [7, 11) is 1.56. The van der Waals surface area contributed by atoms with Crippen molar-refractivity contribution < 1.29 is 23.8 Å². The molecule has 3 rings (SSSR count). The quantitative estimate of drug-likeness (QED) is 0.458. The molecular formula is C22H25NO5S. The Morgan fingerprint density at radius 3 is 2.72 bits per heavy atom. The largest absolute Gasteiger partial charge is 0.496 e. The van der Waals surface area contributed by atoms with Gasteiger partial charge < -0.3 is 14.2 Å². The molecule has 2 fully saturated rings. The zero-order valence-corrected chi connectivity index (χ0v) is 17.3. The first kappa shape index (κ1) is 21.2. The zero-order valence-electron chi connectivity index (χ0n) is 16.5. The highest BCUT2D eigenvalue weighted by molar-refractivity contribution is 8.18. The Kier molecular flexibility index (Phi) is 7.17. The number of carbonyl (C=O) groups excluding carboxylic acids is 2. The van der Waals surface area contributed by atoms with Crippen molar-refractivity contribution in [3.63, 3.8) is 0 Å². The third-order valence-corrected chi connectivity index (χ3v) is 5.55. The first-order valence-corrected chi connectivity index (χ1v) is 10.3. The van der Waals surface area contributed by atoms with Gasteiger partial charge in [0.2, 0.25) is 0 Å². The Balaban J connectivity index is 1.93. The van der Waals surface area contributed by atoms with E-state index < -0.39 is 0 Å². The van der Waals surface area contributed by atoms with Crippen molar-refractivity contribution in [1.82, 2.24) is 4.90 Å². The molecule has 0 bridgehead atoms. The number of nitrogens with zero attached hydrogens (tertiary/aromatic N) is 1. The molecule has 0 radical (unpaired) electrons. The number of hydrogen-bond acceptors (Lipinski definition) is 6. The SMILES string of the molecule is C=CCc1cc(/C=C2\SC(=O)N(CC=C)C2=O)c(OC)cc1OC1CCCCO1. The van der Waals surface area contributed by atoms with Crippen molar-refractivity contribution in [3.05, 3.63) is 53.5 Å². The minimum absolute atomic E-state index is 0.190. The van der Waals surface area contributed by atoms with Crippen LogP contribution in [0, 0.1) is 0 Å². The van der Waals surface area contributed by atoms with E-state index in [-0.39, 0.29) is 24.0 Å². The number of methoxy groups -OCH3 is 1. The Bertz CT molecular complexity index is 842. The first-order chi connectivity index (χ1) is 14.1. The second-order valence-electron chi connectivity index (χ2n) is 6.69. The Morgan fingerprint density at radius 2 is 2.07 bits per heavy atom. The Labute approximate surface area is 175 Å². The number of carbonyl (C=O) groups is 2. The van der Waals surface area contributed by atoms with Crippen molar-refractivity contribution in [1.29, 1.82) is 0 Å². The van der Waals surface area contributed by atoms with Crippen molar-refractivity contribution in [2.45, 2.75) is 32.0 Å². The highest BCUT2D eigenvalue weighted by Gasteiger charge is 2.34. The minimum atomic E-state index is -0.330. The van der Waals surface area contributed by atoms with Crippen LogP contribution in [-0.2, 0) is 16.0 Å². The van der Waals surface area contributed by atoms with E-state index in [2.05, 4.69) is 13.2 Å². The van der Waals surface area contributed by atoms with Crippen LogP contribution in [0.1, 0.15) is 30.4 Å². The number of imide groups is 1. The molecule has 2 aliphatic rings. The van der Waals surface area contributed by atoms with E-state index in [0.29, 0.717) is 35.0 Å². The number of ether oxygens (including phenoxy) is 3. The minimum Gasteiger partial charge on any atom is -0.496 e. The summed E-state index contributed by atoms with van der Waals surface area (Å²) in [4.78, 5) is 26.1. The van der Waals surface area contributed by atoms with E-state index in [1.54, 1.807) is 25.3 Å². The number of allylic oxidation sites excluding steroid dienone is 1. The van der Waals surface area contributed by atoms with Gasteiger partial charge in [-0.2, -0.15) is 0 Å². The van der Waals surface area contributed by atoms with Crippen LogP contribution in [0.2, 0.25) is 0 Å². The summed E-state index contributed by atoms with van der Waals surface area (Å²) < 4.78 is 17.3. The lowest BCUT2D eigenvalue weighted by Gasteiger charge is -2.25. The van der Waals surface area contributed by atoms with E-state index in [1.807, 2.05) is 6.07 Å². The molecule has 2 aliphatic heterocycles. The van der Waals surface area contributed by atoms with Crippen molar-refractivity contribution in [3.8, 4) is 11.5 Å². The average molecular weight is 416 g/mol. The summed E-state index contributed by atoms with van der Waals surface area (Å²) in [5.41, 5.74) is 1.61. The maximum atomic E-state index is 12.5. The molecule has 0 spiro atoms. The van der Waals surface area contributed by atoms with Gasteiger partial charge in [0, 0.05) is 24.6 Å². The van der Waals surface area contributed by atoms with Gasteiger partial charge in [-0.1, -0.05) is 12.2 Å². The molecule has 1 aromatic carbocycles. The van der Waals surface area contributed by atoms with Gasteiger partial charge in [-0.15, -0.1) is 13.2 Å². The molecule has 1 aromatic rings. The highest BCUT2D eigenvalue weighted by atomic mass is 32.2. The molecule has 2 saturated heterocycles. The van der Waals surface area contributed by atoms with E-state index >= 15 is 0 Å². The van der Waals surface area contributed by atoms with Gasteiger partial charge in [0.1, 0.15) is 11.5 Å². The highest BCUT2D eigenvalue weighted by Crippen LogP contribution is 2.37. The molecule has 0 aliphatic carbocycles. The number of rotatable bonds is 8. The smallest absolute Gasteiger partial charge is 0.293 e. The predicted octanol–water partition coefficient (Wildman–Crippen LogP) is 4.55. The van der Waals surface area contributed by atoms with Crippen LogP contribution in [0.15, 0.2) is 42.3 Å². The van der Waals surface area contributed by atoms with Gasteiger partial charge in [0.05, 0.1) is 18.6 Å². The molecule has 2 heterocycles. The summed E-state index contributed by atoms with van der Waals surface area (Å²) >= 11 is 0.911. The molecule has 1 atom stereocenters. The number of thioether (sulfide) groups is 1. The monoisotopic (exact) mass is 415 g/mol. The molecule has 29 heavy (non-hydrogen) atoms. The number of amides is 2. The Hall–Kier alpha value is -2.51. The fourth-order valence-corrected chi connectivity index (χ4v) is 4.05. The van der Waals surface area contributed by atoms with Crippen LogP contribution in [0.5, 0.6) is 11.5 Å². The molecule has 0 saturated carbocycles. The summed E-state index contributed by atoms with van der Waals surface area (Å²) in [6.45, 7) is 8.29. The fraction of sp³-hybridized carbons (Fsp3) is 0.364. The lowest BCUT2D eigenvalue weighted by Crippen LogP contribution is -2.27. The van der Waals surface area contributed by atoms with Crippen molar-refractivity contribution in [2.24, 2.45) is 0 Å². The van der Waals surface area contributed by atoms with Crippen LogP contribution in [0.25, 0.3) is 6.08 Å². The summed E-state index contributed by atoms with van der Waals surface area (Å²) in [5.74, 6) is 0.896. The summed E-state index contributed by atoms with van der Waals surface area (Å²) in [6.07, 6.45) is 8.26. The molecule has 2 amide bonds. The van der Waals surface area contributed by atoms with Gasteiger partial charge in [-0.25, -0.2) is 0 Å². The van der Waals surface area contributed by atoms with E-state index in [9.17, 15) is 9.59 Å². The second kappa shape index (κ2) is 9.80. The lowest BCUT2D eigenvalue weighted by molar-refractivity contribution is -0.122. The third-order valence-electron chi connectivity index (χ3n) is 4.65. The Morgan fingerprint density at radius 1 is 1.24 bits per heavy atom. The molecule has 154 valence electrons. The topological polar surface area (TPSA) is 65.1 Å². The van der Waals surface area contributed by atoms with E-state index in [4.69, 9.17) is 14.2 Å². The molecule has 0 aromatic heterocycles. The number of hydrogen-bond donors (Lipinski definition) is 0. The third kappa shape index (κ3) is 4.92. The maximum Gasteiger partial charge on any atom is 0.293 e.